The van der Waals surface area contributed by atoms with E-state index in [9.17, 15) is 0 Å². The maximum absolute atomic E-state index is 5.48. The quantitative estimate of drug-likeness (QED) is 0.774. The van der Waals surface area contributed by atoms with E-state index in [1.165, 1.54) is 11.1 Å². The molecule has 21 heavy (non-hydrogen) atoms. The molecule has 2 aromatic carbocycles. The summed E-state index contributed by atoms with van der Waals surface area (Å²) in [6.07, 6.45) is 0. The maximum Gasteiger partial charge on any atom is 0.127 e. The van der Waals surface area contributed by atoms with Crippen LogP contribution in [0.2, 0.25) is 0 Å². The molecule has 2 aromatic rings. The Hall–Kier alpha value is -2.00. The summed E-state index contributed by atoms with van der Waals surface area (Å²) in [4.78, 5) is 2.39. The highest BCUT2D eigenvalue weighted by atomic mass is 16.5. The smallest absolute Gasteiger partial charge is 0.127 e. The molecule has 0 amide bonds. The van der Waals surface area contributed by atoms with Crippen LogP contribution < -0.4 is 9.47 Å². The zero-order chi connectivity index (χ0) is 15.1. The number of hydrogen-bond donors (Lipinski definition) is 0. The van der Waals surface area contributed by atoms with Gasteiger partial charge in [0.1, 0.15) is 11.5 Å². The number of methoxy groups -OCH3 is 2. The summed E-state index contributed by atoms with van der Waals surface area (Å²) >= 11 is 0. The molecule has 0 N–H and O–H groups in total. The van der Waals surface area contributed by atoms with Crippen LogP contribution in [0.1, 0.15) is 18.1 Å². The van der Waals surface area contributed by atoms with Crippen LogP contribution in [-0.4, -0.2) is 25.7 Å². The summed E-state index contributed by atoms with van der Waals surface area (Å²) < 4.78 is 10.7. The van der Waals surface area contributed by atoms with Gasteiger partial charge in [0, 0.05) is 24.7 Å². The van der Waals surface area contributed by atoms with Crippen molar-refractivity contribution < 1.29 is 9.47 Å². The number of hydrogen-bond acceptors (Lipinski definition) is 3. The van der Waals surface area contributed by atoms with Gasteiger partial charge in [0.2, 0.25) is 0 Å². The highest BCUT2D eigenvalue weighted by molar-refractivity contribution is 5.40. The molecule has 0 unspecified atom stereocenters. The minimum atomic E-state index is 0.821. The maximum atomic E-state index is 5.48. The van der Waals surface area contributed by atoms with Gasteiger partial charge in [-0.2, -0.15) is 0 Å². The van der Waals surface area contributed by atoms with Gasteiger partial charge < -0.3 is 9.47 Å². The Labute approximate surface area is 127 Å². The third-order valence-corrected chi connectivity index (χ3v) is 3.58. The molecule has 0 spiro atoms. The van der Waals surface area contributed by atoms with Gasteiger partial charge in [0.05, 0.1) is 14.2 Å². The molecule has 0 bridgehead atoms. The van der Waals surface area contributed by atoms with Crippen molar-refractivity contribution in [1.29, 1.82) is 0 Å². The molecule has 0 saturated heterocycles. The zero-order valence-electron chi connectivity index (χ0n) is 13.0. The Morgan fingerprint density at radius 3 is 2.29 bits per heavy atom. The normalized spacial score (nSPS) is 10.7. The van der Waals surface area contributed by atoms with Crippen LogP contribution in [0.3, 0.4) is 0 Å². The van der Waals surface area contributed by atoms with Gasteiger partial charge in [-0.3, -0.25) is 4.90 Å². The molecule has 2 rings (SSSR count). The van der Waals surface area contributed by atoms with Gasteiger partial charge in [0.15, 0.2) is 0 Å². The topological polar surface area (TPSA) is 21.7 Å². The van der Waals surface area contributed by atoms with Crippen LogP contribution in [0, 0.1) is 0 Å². The molecule has 0 heterocycles. The lowest BCUT2D eigenvalue weighted by atomic mass is 10.1. The van der Waals surface area contributed by atoms with Crippen molar-refractivity contribution >= 4 is 0 Å². The number of rotatable bonds is 7. The van der Waals surface area contributed by atoms with E-state index in [1.54, 1.807) is 14.2 Å². The van der Waals surface area contributed by atoms with Crippen LogP contribution in [0.15, 0.2) is 48.5 Å². The van der Waals surface area contributed by atoms with Crippen molar-refractivity contribution in [3.63, 3.8) is 0 Å². The van der Waals surface area contributed by atoms with E-state index in [1.807, 2.05) is 18.2 Å². The standard InChI is InChI=1S/C18H23NO2/c1-4-19(13-15-8-6-5-7-9-15)14-16-10-11-17(20-2)12-18(16)21-3/h5-12H,4,13-14H2,1-3H3. The Bertz CT molecular complexity index is 554. The van der Waals surface area contributed by atoms with E-state index in [-0.39, 0.29) is 0 Å². The van der Waals surface area contributed by atoms with Crippen molar-refractivity contribution in [2.75, 3.05) is 20.8 Å². The molecule has 0 atom stereocenters. The molecule has 0 aliphatic heterocycles. The van der Waals surface area contributed by atoms with Crippen molar-refractivity contribution in [1.82, 2.24) is 4.90 Å². The van der Waals surface area contributed by atoms with Crippen LogP contribution >= 0.6 is 0 Å². The van der Waals surface area contributed by atoms with Gasteiger partial charge in [-0.25, -0.2) is 0 Å². The molecule has 3 nitrogen and oxygen atoms in total. The second-order valence-electron chi connectivity index (χ2n) is 4.97. The van der Waals surface area contributed by atoms with Crippen LogP contribution in [-0.2, 0) is 13.1 Å². The molecule has 0 aliphatic carbocycles. The summed E-state index contributed by atoms with van der Waals surface area (Å²) in [6, 6.07) is 16.5. The largest absolute Gasteiger partial charge is 0.497 e. The molecular weight excluding hydrogens is 262 g/mol. The van der Waals surface area contributed by atoms with Crippen molar-refractivity contribution in [2.45, 2.75) is 20.0 Å². The monoisotopic (exact) mass is 285 g/mol. The molecule has 112 valence electrons. The molecule has 0 aliphatic rings. The van der Waals surface area contributed by atoms with E-state index in [2.05, 4.69) is 42.2 Å². The van der Waals surface area contributed by atoms with Gasteiger partial charge in [-0.15, -0.1) is 0 Å². The van der Waals surface area contributed by atoms with Crippen molar-refractivity contribution in [3.05, 3.63) is 59.7 Å². The van der Waals surface area contributed by atoms with Crippen LogP contribution in [0.4, 0.5) is 0 Å². The summed E-state index contributed by atoms with van der Waals surface area (Å²) in [5.41, 5.74) is 2.50. The number of benzene rings is 2. The minimum absolute atomic E-state index is 0.821. The average molecular weight is 285 g/mol. The predicted molar refractivity (Wildman–Crippen MR) is 85.8 cm³/mol. The third kappa shape index (κ3) is 4.23. The van der Waals surface area contributed by atoms with E-state index < -0.39 is 0 Å². The summed E-state index contributed by atoms with van der Waals surface area (Å²) in [7, 11) is 3.37. The fourth-order valence-corrected chi connectivity index (χ4v) is 2.34. The first-order valence-corrected chi connectivity index (χ1v) is 7.24. The Morgan fingerprint density at radius 1 is 0.905 bits per heavy atom. The van der Waals surface area contributed by atoms with Gasteiger partial charge >= 0.3 is 0 Å². The second kappa shape index (κ2) is 7.70. The Morgan fingerprint density at radius 2 is 1.67 bits per heavy atom. The number of nitrogens with zero attached hydrogens (tertiary/aromatic N) is 1. The lowest BCUT2D eigenvalue weighted by molar-refractivity contribution is 0.266. The molecule has 0 radical (unpaired) electrons. The number of ether oxygens (including phenoxy) is 2. The first kappa shape index (κ1) is 15.4. The first-order valence-electron chi connectivity index (χ1n) is 7.24. The fraction of sp³-hybridized carbons (Fsp3) is 0.333. The Balaban J connectivity index is 2.11. The molecule has 0 aromatic heterocycles. The lowest BCUT2D eigenvalue weighted by Crippen LogP contribution is -2.22. The minimum Gasteiger partial charge on any atom is -0.497 e. The highest BCUT2D eigenvalue weighted by Gasteiger charge is 2.10. The van der Waals surface area contributed by atoms with Crippen LogP contribution in [0.5, 0.6) is 11.5 Å². The summed E-state index contributed by atoms with van der Waals surface area (Å²) in [6.45, 7) is 4.97. The van der Waals surface area contributed by atoms with Crippen molar-refractivity contribution in [2.24, 2.45) is 0 Å². The molecule has 0 saturated carbocycles. The summed E-state index contributed by atoms with van der Waals surface area (Å²) in [5.74, 6) is 1.70. The van der Waals surface area contributed by atoms with Crippen molar-refractivity contribution in [3.8, 4) is 11.5 Å². The summed E-state index contributed by atoms with van der Waals surface area (Å²) in [5, 5.41) is 0. The van der Waals surface area contributed by atoms with E-state index in [4.69, 9.17) is 9.47 Å². The molecule has 3 heteroatoms. The first-order chi connectivity index (χ1) is 10.3. The van der Waals surface area contributed by atoms with E-state index in [0.29, 0.717) is 0 Å². The van der Waals surface area contributed by atoms with Gasteiger partial charge in [-0.05, 0) is 18.2 Å². The SMILES string of the molecule is CCN(Cc1ccccc1)Cc1ccc(OC)cc1OC. The zero-order valence-corrected chi connectivity index (χ0v) is 13.0. The van der Waals surface area contributed by atoms with Crippen LogP contribution in [0.25, 0.3) is 0 Å². The lowest BCUT2D eigenvalue weighted by Gasteiger charge is -2.22. The third-order valence-electron chi connectivity index (χ3n) is 3.58. The average Bonchev–Trinajstić information content (AvgIpc) is 2.55. The van der Waals surface area contributed by atoms with E-state index in [0.717, 1.165) is 31.1 Å². The van der Waals surface area contributed by atoms with E-state index >= 15 is 0 Å². The van der Waals surface area contributed by atoms with Gasteiger partial charge in [0.25, 0.3) is 0 Å². The highest BCUT2D eigenvalue weighted by Crippen LogP contribution is 2.26. The Kier molecular flexibility index (Phi) is 5.64. The fourth-order valence-electron chi connectivity index (χ4n) is 2.34. The second-order valence-corrected chi connectivity index (χ2v) is 4.97. The predicted octanol–water partition coefficient (Wildman–Crippen LogP) is 3.73. The van der Waals surface area contributed by atoms with Gasteiger partial charge in [-0.1, -0.05) is 43.3 Å². The molecule has 0 fully saturated rings. The molecular formula is C18H23NO2.